The molecule has 0 saturated carbocycles. The number of aliphatic imine (C=N–C) groups is 1. The van der Waals surface area contributed by atoms with Crippen molar-refractivity contribution in [3.8, 4) is 17.6 Å². The highest BCUT2D eigenvalue weighted by molar-refractivity contribution is 6.05. The zero-order valence-corrected chi connectivity index (χ0v) is 11.4. The van der Waals surface area contributed by atoms with E-state index in [4.69, 9.17) is 0 Å². The fourth-order valence-electron chi connectivity index (χ4n) is 1.90. The van der Waals surface area contributed by atoms with E-state index in [-0.39, 0.29) is 5.75 Å². The summed E-state index contributed by atoms with van der Waals surface area (Å²) in [5, 5.41) is 9.92. The van der Waals surface area contributed by atoms with Gasteiger partial charge in [-0.3, -0.25) is 0 Å². The second kappa shape index (κ2) is 5.94. The summed E-state index contributed by atoms with van der Waals surface area (Å²) in [5.41, 5.74) is 2.79. The van der Waals surface area contributed by atoms with E-state index in [1.165, 1.54) is 0 Å². The van der Waals surface area contributed by atoms with Gasteiger partial charge in [-0.15, -0.1) is 5.92 Å². The van der Waals surface area contributed by atoms with Crippen molar-refractivity contribution in [2.24, 2.45) is 4.99 Å². The van der Waals surface area contributed by atoms with Gasteiger partial charge in [0.05, 0.1) is 23.7 Å². The summed E-state index contributed by atoms with van der Waals surface area (Å²) >= 11 is 0. The number of nitrogens with zero attached hydrogens (tertiary/aromatic N) is 2. The maximum Gasteiger partial charge on any atom is 0.124 e. The average Bonchev–Trinajstić information content (AvgIpc) is 2.44. The van der Waals surface area contributed by atoms with Crippen LogP contribution in [0.3, 0.4) is 0 Å². The topological polar surface area (TPSA) is 35.8 Å². The van der Waals surface area contributed by atoms with Gasteiger partial charge < -0.3 is 10.0 Å². The van der Waals surface area contributed by atoms with Gasteiger partial charge in [0.25, 0.3) is 0 Å². The van der Waals surface area contributed by atoms with E-state index in [1.807, 2.05) is 23.2 Å². The first-order valence-electron chi connectivity index (χ1n) is 6.23. The minimum atomic E-state index is 0.212. The predicted octanol–water partition coefficient (Wildman–Crippen LogP) is 3.06. The summed E-state index contributed by atoms with van der Waals surface area (Å²) < 4.78 is 0. The molecule has 0 bridgehead atoms. The highest BCUT2D eigenvalue weighted by Crippen LogP contribution is 2.25. The Bertz CT molecular complexity index is 672. The lowest BCUT2D eigenvalue weighted by Crippen LogP contribution is -2.29. The Hall–Kier alpha value is -2.73. The van der Waals surface area contributed by atoms with Crippen molar-refractivity contribution in [1.29, 1.82) is 0 Å². The first-order valence-corrected chi connectivity index (χ1v) is 6.23. The van der Waals surface area contributed by atoms with Gasteiger partial charge in [0, 0.05) is 17.8 Å². The second-order valence-corrected chi connectivity index (χ2v) is 4.31. The van der Waals surface area contributed by atoms with Gasteiger partial charge >= 0.3 is 0 Å². The van der Waals surface area contributed by atoms with E-state index >= 15 is 0 Å². The largest absolute Gasteiger partial charge is 0.507 e. The highest BCUT2D eigenvalue weighted by Gasteiger charge is 2.20. The molecule has 1 aliphatic heterocycles. The molecule has 1 aliphatic rings. The molecule has 3 nitrogen and oxygen atoms in total. The molecule has 1 N–H and O–H groups in total. The molecule has 100 valence electrons. The third-order valence-corrected chi connectivity index (χ3v) is 2.97. The second-order valence-electron chi connectivity index (χ2n) is 4.31. The normalized spacial score (nSPS) is 15.1. The van der Waals surface area contributed by atoms with Crippen LogP contribution >= 0.6 is 0 Å². The van der Waals surface area contributed by atoms with Gasteiger partial charge in [-0.25, -0.2) is 4.99 Å². The molecule has 2 rings (SSSR count). The fraction of sp³-hybridized carbons (Fsp3) is 0.118. The van der Waals surface area contributed by atoms with Crippen molar-refractivity contribution >= 4 is 5.71 Å². The third kappa shape index (κ3) is 2.81. The Labute approximate surface area is 119 Å². The maximum atomic E-state index is 9.92. The van der Waals surface area contributed by atoms with Crippen molar-refractivity contribution in [1.82, 2.24) is 4.90 Å². The molecule has 0 atom stereocenters. The number of rotatable bonds is 2. The van der Waals surface area contributed by atoms with Crippen LogP contribution in [0.4, 0.5) is 0 Å². The van der Waals surface area contributed by atoms with Gasteiger partial charge in [-0.05, 0) is 19.1 Å². The average molecular weight is 264 g/mol. The lowest BCUT2D eigenvalue weighted by atomic mass is 10.1. The van der Waals surface area contributed by atoms with Crippen LogP contribution in [0.1, 0.15) is 12.5 Å². The van der Waals surface area contributed by atoms with E-state index < -0.39 is 0 Å². The highest BCUT2D eigenvalue weighted by atomic mass is 16.3. The molecule has 20 heavy (non-hydrogen) atoms. The molecule has 1 heterocycles. The fourth-order valence-corrected chi connectivity index (χ4v) is 1.90. The Balaban J connectivity index is 2.34. The molecule has 0 fully saturated rings. The van der Waals surface area contributed by atoms with Crippen molar-refractivity contribution < 1.29 is 5.11 Å². The summed E-state index contributed by atoms with van der Waals surface area (Å²) in [6, 6.07) is 7.13. The Kier molecular flexibility index (Phi) is 4.07. The first-order chi connectivity index (χ1) is 9.63. The molecule has 0 spiro atoms. The molecule has 0 aliphatic carbocycles. The minimum Gasteiger partial charge on any atom is -0.507 e. The molecule has 3 heteroatoms. The molecule has 0 aromatic heterocycles. The third-order valence-electron chi connectivity index (χ3n) is 2.97. The van der Waals surface area contributed by atoms with Crippen LogP contribution < -0.4 is 0 Å². The van der Waals surface area contributed by atoms with Crippen molar-refractivity contribution in [3.63, 3.8) is 0 Å². The van der Waals surface area contributed by atoms with E-state index in [0.29, 0.717) is 17.8 Å². The van der Waals surface area contributed by atoms with E-state index in [0.717, 1.165) is 11.4 Å². The summed E-state index contributed by atoms with van der Waals surface area (Å²) in [4.78, 5) is 6.34. The quantitative estimate of drug-likeness (QED) is 0.833. The van der Waals surface area contributed by atoms with Gasteiger partial charge in [-0.2, -0.15) is 0 Å². The summed E-state index contributed by atoms with van der Waals surface area (Å²) in [6.07, 6.45) is 3.60. The molecule has 0 amide bonds. The van der Waals surface area contributed by atoms with Crippen LogP contribution in [0.25, 0.3) is 0 Å². The standard InChI is InChI=1S/C17H16N2O/c1-4-5-8-11-19-12-16(18-13(2)14(19)3)15-9-6-7-10-17(15)20/h6-11,20H,2-3,12H2,1H3/b11-8+. The zero-order valence-electron chi connectivity index (χ0n) is 11.4. The lowest BCUT2D eigenvalue weighted by molar-refractivity contribution is 0.472. The lowest BCUT2D eigenvalue weighted by Gasteiger charge is -2.28. The number of aromatic hydroxyl groups is 1. The van der Waals surface area contributed by atoms with Crippen LogP contribution in [-0.2, 0) is 0 Å². The summed E-state index contributed by atoms with van der Waals surface area (Å²) in [7, 11) is 0. The number of phenols is 1. The monoisotopic (exact) mass is 264 g/mol. The van der Waals surface area contributed by atoms with Crippen LogP contribution in [0.15, 0.2) is 66.1 Å². The molecule has 0 unspecified atom stereocenters. The van der Waals surface area contributed by atoms with Crippen molar-refractivity contribution in [3.05, 3.63) is 66.7 Å². The summed E-state index contributed by atoms with van der Waals surface area (Å²) in [6.45, 7) is 10.2. The molecule has 1 aromatic rings. The molecular weight excluding hydrogens is 248 g/mol. The van der Waals surface area contributed by atoms with Crippen molar-refractivity contribution in [2.45, 2.75) is 6.92 Å². The molecule has 1 aromatic carbocycles. The van der Waals surface area contributed by atoms with Gasteiger partial charge in [0.15, 0.2) is 0 Å². The van der Waals surface area contributed by atoms with Crippen molar-refractivity contribution in [2.75, 3.05) is 6.54 Å². The number of allylic oxidation sites excluding steroid dienone is 1. The van der Waals surface area contributed by atoms with Crippen LogP contribution in [0.2, 0.25) is 0 Å². The van der Waals surface area contributed by atoms with E-state index in [2.05, 4.69) is 30.0 Å². The van der Waals surface area contributed by atoms with E-state index in [9.17, 15) is 5.11 Å². The Morgan fingerprint density at radius 3 is 2.80 bits per heavy atom. The number of benzene rings is 1. The van der Waals surface area contributed by atoms with Crippen LogP contribution in [-0.4, -0.2) is 22.3 Å². The number of hydrogen-bond acceptors (Lipinski definition) is 3. The number of para-hydroxylation sites is 1. The zero-order chi connectivity index (χ0) is 14.5. The smallest absolute Gasteiger partial charge is 0.124 e. The molecular formula is C17H16N2O. The first kappa shape index (κ1) is 13.7. The number of phenolic OH excluding ortho intramolecular Hbond substituents is 1. The van der Waals surface area contributed by atoms with Crippen LogP contribution in [0, 0.1) is 11.8 Å². The summed E-state index contributed by atoms with van der Waals surface area (Å²) in [5.74, 6) is 5.88. The van der Waals surface area contributed by atoms with Gasteiger partial charge in [0.1, 0.15) is 5.75 Å². The van der Waals surface area contributed by atoms with Gasteiger partial charge in [0.2, 0.25) is 0 Å². The maximum absolute atomic E-state index is 9.92. The minimum absolute atomic E-state index is 0.212. The Morgan fingerprint density at radius 2 is 2.10 bits per heavy atom. The van der Waals surface area contributed by atoms with Gasteiger partial charge in [-0.1, -0.05) is 31.2 Å². The predicted molar refractivity (Wildman–Crippen MR) is 82.2 cm³/mol. The SMILES string of the molecule is C=C1N=C(c2ccccc2O)CN(/C=C/C#CC)C1=C. The van der Waals surface area contributed by atoms with Crippen LogP contribution in [0.5, 0.6) is 5.75 Å². The number of hydrogen-bond donors (Lipinski definition) is 1. The molecule has 0 saturated heterocycles. The van der Waals surface area contributed by atoms with E-state index in [1.54, 1.807) is 25.1 Å². The Morgan fingerprint density at radius 1 is 1.35 bits per heavy atom. The molecule has 0 radical (unpaired) electrons.